The van der Waals surface area contributed by atoms with E-state index in [0.717, 1.165) is 5.56 Å². The Morgan fingerprint density at radius 1 is 1.40 bits per heavy atom. The fourth-order valence-electron chi connectivity index (χ4n) is 2.68. The highest BCUT2D eigenvalue weighted by molar-refractivity contribution is 5.94. The molecule has 0 aromatic carbocycles. The number of anilines is 1. The van der Waals surface area contributed by atoms with Crippen LogP contribution in [-0.4, -0.2) is 25.5 Å². The topological polar surface area (TPSA) is 84.7 Å². The van der Waals surface area contributed by atoms with Crippen molar-refractivity contribution in [3.8, 4) is 0 Å². The third-order valence-corrected chi connectivity index (χ3v) is 3.60. The first kappa shape index (κ1) is 12.7. The van der Waals surface area contributed by atoms with Crippen molar-refractivity contribution in [2.45, 2.75) is 32.2 Å². The van der Waals surface area contributed by atoms with E-state index in [-0.39, 0.29) is 29.8 Å². The fourth-order valence-corrected chi connectivity index (χ4v) is 2.68. The lowest BCUT2D eigenvalue weighted by Crippen LogP contribution is -2.27. The summed E-state index contributed by atoms with van der Waals surface area (Å²) in [5.41, 5.74) is 1.35. The van der Waals surface area contributed by atoms with E-state index in [9.17, 15) is 9.59 Å². The monoisotopic (exact) mass is 275 g/mol. The van der Waals surface area contributed by atoms with Crippen molar-refractivity contribution in [3.05, 3.63) is 33.9 Å². The van der Waals surface area contributed by atoms with Gasteiger partial charge in [-0.3, -0.25) is 24.1 Å². The van der Waals surface area contributed by atoms with Crippen LogP contribution in [0, 0.1) is 0 Å². The van der Waals surface area contributed by atoms with E-state index in [2.05, 4.69) is 15.5 Å². The molecule has 106 valence electrons. The molecule has 7 nitrogen and oxygen atoms in total. The largest absolute Gasteiger partial charge is 0.311 e. The first-order valence-corrected chi connectivity index (χ1v) is 6.60. The van der Waals surface area contributed by atoms with Crippen LogP contribution >= 0.6 is 0 Å². The number of aryl methyl sites for hydroxylation is 1. The molecule has 0 aliphatic carbocycles. The summed E-state index contributed by atoms with van der Waals surface area (Å²) < 4.78 is 3.38. The number of rotatable bonds is 2. The van der Waals surface area contributed by atoms with E-state index in [1.807, 2.05) is 27.1 Å². The first-order chi connectivity index (χ1) is 9.47. The number of nitrogens with one attached hydrogen (secondary N) is 2. The van der Waals surface area contributed by atoms with Crippen LogP contribution in [0.25, 0.3) is 0 Å². The summed E-state index contributed by atoms with van der Waals surface area (Å²) in [5, 5.41) is 9.73. The summed E-state index contributed by atoms with van der Waals surface area (Å²) in [4.78, 5) is 24.2. The van der Waals surface area contributed by atoms with Gasteiger partial charge in [0.05, 0.1) is 11.8 Å². The molecule has 2 aromatic heterocycles. The maximum absolute atomic E-state index is 12.2. The second kappa shape index (κ2) is 4.36. The van der Waals surface area contributed by atoms with Gasteiger partial charge in [-0.25, -0.2) is 0 Å². The lowest BCUT2D eigenvalue weighted by Gasteiger charge is -2.23. The molecule has 0 bridgehead atoms. The lowest BCUT2D eigenvalue weighted by atomic mass is 9.89. The standard InChI is InChI=1S/C13H17N5O2/c1-7(2)18-12-11(13(20)16-18)9(4-10(19)15-12)8-5-14-17(3)6-8/h5-7,9H,4H2,1-3H3,(H,15,19)(H,16,20). The first-order valence-electron chi connectivity index (χ1n) is 6.60. The average molecular weight is 275 g/mol. The Kier molecular flexibility index (Phi) is 2.77. The van der Waals surface area contributed by atoms with Gasteiger partial charge in [-0.15, -0.1) is 0 Å². The maximum atomic E-state index is 12.2. The molecule has 2 aromatic rings. The third kappa shape index (κ3) is 1.86. The summed E-state index contributed by atoms with van der Waals surface area (Å²) >= 11 is 0. The summed E-state index contributed by atoms with van der Waals surface area (Å²) in [6.45, 7) is 3.91. The van der Waals surface area contributed by atoms with Crippen LogP contribution in [0.1, 0.15) is 43.4 Å². The normalized spacial score (nSPS) is 18.2. The average Bonchev–Trinajstić information content (AvgIpc) is 2.93. The molecule has 1 aliphatic rings. The Bertz CT molecular complexity index is 721. The number of aromatic nitrogens is 4. The summed E-state index contributed by atoms with van der Waals surface area (Å²) in [7, 11) is 1.82. The molecule has 20 heavy (non-hydrogen) atoms. The molecule has 3 heterocycles. The van der Waals surface area contributed by atoms with Crippen molar-refractivity contribution in [3.63, 3.8) is 0 Å². The number of hydrogen-bond donors (Lipinski definition) is 2. The molecule has 0 radical (unpaired) electrons. The number of amides is 1. The van der Waals surface area contributed by atoms with Gasteiger partial charge in [0, 0.05) is 31.6 Å². The molecular formula is C13H17N5O2. The third-order valence-electron chi connectivity index (χ3n) is 3.60. The number of fused-ring (bicyclic) bond motifs is 1. The molecule has 0 saturated carbocycles. The van der Waals surface area contributed by atoms with Gasteiger partial charge in [-0.1, -0.05) is 0 Å². The van der Waals surface area contributed by atoms with Crippen LogP contribution in [0.15, 0.2) is 17.2 Å². The van der Waals surface area contributed by atoms with Crippen molar-refractivity contribution in [1.29, 1.82) is 0 Å². The van der Waals surface area contributed by atoms with E-state index in [0.29, 0.717) is 11.4 Å². The molecule has 2 N–H and O–H groups in total. The summed E-state index contributed by atoms with van der Waals surface area (Å²) in [6, 6.07) is 0.0689. The molecular weight excluding hydrogens is 258 g/mol. The van der Waals surface area contributed by atoms with Crippen LogP contribution in [0.2, 0.25) is 0 Å². The number of aromatic amines is 1. The molecule has 7 heteroatoms. The molecule has 0 saturated heterocycles. The van der Waals surface area contributed by atoms with Gasteiger partial charge in [0.1, 0.15) is 5.82 Å². The number of carbonyl (C=O) groups is 1. The number of carbonyl (C=O) groups excluding carboxylic acids is 1. The van der Waals surface area contributed by atoms with Crippen LogP contribution in [0.4, 0.5) is 5.82 Å². The van der Waals surface area contributed by atoms with E-state index < -0.39 is 0 Å². The SMILES string of the molecule is CC(C)n1[nH]c(=O)c2c1NC(=O)CC2c1cnn(C)c1. The highest BCUT2D eigenvalue weighted by Crippen LogP contribution is 2.35. The molecule has 1 atom stereocenters. The Morgan fingerprint density at radius 3 is 2.75 bits per heavy atom. The maximum Gasteiger partial charge on any atom is 0.270 e. The van der Waals surface area contributed by atoms with E-state index in [1.165, 1.54) is 0 Å². The van der Waals surface area contributed by atoms with Gasteiger partial charge in [0.15, 0.2) is 0 Å². The minimum Gasteiger partial charge on any atom is -0.311 e. The smallest absolute Gasteiger partial charge is 0.270 e. The molecule has 1 unspecified atom stereocenters. The minimum atomic E-state index is -0.240. The predicted octanol–water partition coefficient (Wildman–Crippen LogP) is 0.965. The van der Waals surface area contributed by atoms with Gasteiger partial charge in [-0.05, 0) is 19.4 Å². The van der Waals surface area contributed by atoms with Gasteiger partial charge in [0.2, 0.25) is 5.91 Å². The van der Waals surface area contributed by atoms with Crippen molar-refractivity contribution in [1.82, 2.24) is 19.6 Å². The van der Waals surface area contributed by atoms with E-state index >= 15 is 0 Å². The van der Waals surface area contributed by atoms with Gasteiger partial charge < -0.3 is 5.32 Å². The Labute approximate surface area is 115 Å². The Balaban J connectivity index is 2.18. The molecule has 1 aliphatic heterocycles. The molecule has 1 amide bonds. The van der Waals surface area contributed by atoms with Crippen molar-refractivity contribution < 1.29 is 4.79 Å². The zero-order valence-electron chi connectivity index (χ0n) is 11.7. The van der Waals surface area contributed by atoms with E-state index in [4.69, 9.17) is 0 Å². The summed E-state index contributed by atoms with van der Waals surface area (Å²) in [6.07, 6.45) is 3.82. The Morgan fingerprint density at radius 2 is 2.15 bits per heavy atom. The van der Waals surface area contributed by atoms with Crippen molar-refractivity contribution in [2.24, 2.45) is 7.05 Å². The minimum absolute atomic E-state index is 0.0689. The van der Waals surface area contributed by atoms with Crippen LogP contribution in [-0.2, 0) is 11.8 Å². The fraction of sp³-hybridized carbons (Fsp3) is 0.462. The van der Waals surface area contributed by atoms with Crippen molar-refractivity contribution >= 4 is 11.7 Å². The zero-order valence-corrected chi connectivity index (χ0v) is 11.7. The highest BCUT2D eigenvalue weighted by atomic mass is 16.2. The second-order valence-corrected chi connectivity index (χ2v) is 5.42. The number of hydrogen-bond acceptors (Lipinski definition) is 3. The lowest BCUT2D eigenvalue weighted by molar-refractivity contribution is -0.116. The summed E-state index contributed by atoms with van der Waals surface area (Å²) in [5.74, 6) is 0.256. The second-order valence-electron chi connectivity index (χ2n) is 5.42. The molecule has 0 fully saturated rings. The zero-order chi connectivity index (χ0) is 14.4. The van der Waals surface area contributed by atoms with Crippen LogP contribution in [0.5, 0.6) is 0 Å². The van der Waals surface area contributed by atoms with Gasteiger partial charge >= 0.3 is 0 Å². The molecule has 3 rings (SSSR count). The van der Waals surface area contributed by atoms with Crippen LogP contribution in [0.3, 0.4) is 0 Å². The van der Waals surface area contributed by atoms with Crippen LogP contribution < -0.4 is 10.9 Å². The quantitative estimate of drug-likeness (QED) is 0.856. The van der Waals surface area contributed by atoms with E-state index in [1.54, 1.807) is 15.6 Å². The predicted molar refractivity (Wildman–Crippen MR) is 73.7 cm³/mol. The number of nitrogens with zero attached hydrogens (tertiary/aromatic N) is 3. The number of H-pyrrole nitrogens is 1. The van der Waals surface area contributed by atoms with Gasteiger partial charge in [-0.2, -0.15) is 5.10 Å². The van der Waals surface area contributed by atoms with Crippen molar-refractivity contribution in [2.75, 3.05) is 5.32 Å². The van der Waals surface area contributed by atoms with Gasteiger partial charge in [0.25, 0.3) is 5.56 Å². The Hall–Kier alpha value is -2.31. The molecule has 0 spiro atoms. The highest BCUT2D eigenvalue weighted by Gasteiger charge is 2.33.